The van der Waals surface area contributed by atoms with Crippen LogP contribution in [0.1, 0.15) is 30.0 Å². The van der Waals surface area contributed by atoms with Crippen molar-refractivity contribution in [2.45, 2.75) is 26.3 Å². The number of hydrogen-bond acceptors (Lipinski definition) is 7. The number of fused-ring (bicyclic) bond motifs is 1. The van der Waals surface area contributed by atoms with Crippen LogP contribution >= 0.6 is 12.2 Å². The smallest absolute Gasteiger partial charge is 0.340 e. The number of anilines is 1. The summed E-state index contributed by atoms with van der Waals surface area (Å²) in [6, 6.07) is 9.53. The molecule has 11 heteroatoms. The van der Waals surface area contributed by atoms with Crippen LogP contribution in [0, 0.1) is 5.82 Å². The highest BCUT2D eigenvalue weighted by molar-refractivity contribution is 7.92. The predicted molar refractivity (Wildman–Crippen MR) is 144 cm³/mol. The molecule has 3 aromatic rings. The summed E-state index contributed by atoms with van der Waals surface area (Å²) in [6.07, 6.45) is 0.329. The van der Waals surface area contributed by atoms with Crippen molar-refractivity contribution in [3.8, 4) is 5.75 Å². The Morgan fingerprint density at radius 1 is 1.14 bits per heavy atom. The second-order valence-electron chi connectivity index (χ2n) is 8.88. The molecule has 194 valence electrons. The van der Waals surface area contributed by atoms with Gasteiger partial charge in [0, 0.05) is 44.1 Å². The number of thiocarbonyl (C=S) groups is 1. The summed E-state index contributed by atoms with van der Waals surface area (Å²) in [5.74, 6) is -0.428. The predicted octanol–water partition coefficient (Wildman–Crippen LogP) is 3.96. The van der Waals surface area contributed by atoms with E-state index in [0.29, 0.717) is 40.8 Å². The van der Waals surface area contributed by atoms with Gasteiger partial charge in [-0.3, -0.25) is 4.72 Å². The van der Waals surface area contributed by atoms with Gasteiger partial charge in [-0.1, -0.05) is 19.1 Å². The lowest BCUT2D eigenvalue weighted by atomic mass is 9.97. The van der Waals surface area contributed by atoms with Crippen LogP contribution in [0.4, 0.5) is 10.1 Å². The maximum Gasteiger partial charge on any atom is 0.340 e. The lowest BCUT2D eigenvalue weighted by Gasteiger charge is -2.18. The van der Waals surface area contributed by atoms with Gasteiger partial charge >= 0.3 is 5.63 Å². The van der Waals surface area contributed by atoms with Crippen molar-refractivity contribution in [2.75, 3.05) is 38.7 Å². The van der Waals surface area contributed by atoms with E-state index >= 15 is 4.39 Å². The zero-order valence-electron chi connectivity index (χ0n) is 20.9. The number of sulfonamides is 1. The van der Waals surface area contributed by atoms with Gasteiger partial charge in [-0.2, -0.15) is 0 Å². The summed E-state index contributed by atoms with van der Waals surface area (Å²) in [7, 11) is 3.56. The molecule has 0 saturated carbocycles. The van der Waals surface area contributed by atoms with E-state index in [0.717, 1.165) is 0 Å². The Kier molecular flexibility index (Phi) is 8.70. The maximum atomic E-state index is 15.3. The van der Waals surface area contributed by atoms with Crippen LogP contribution in [0.5, 0.6) is 5.75 Å². The minimum absolute atomic E-state index is 0.0698. The zero-order chi connectivity index (χ0) is 26.6. The van der Waals surface area contributed by atoms with Crippen LogP contribution in [-0.2, 0) is 23.0 Å². The molecule has 0 amide bonds. The topological polar surface area (TPSA) is 92.1 Å². The van der Waals surface area contributed by atoms with Crippen LogP contribution in [0.25, 0.3) is 11.0 Å². The van der Waals surface area contributed by atoms with E-state index in [9.17, 15) is 13.2 Å². The molecule has 0 saturated heterocycles. The Morgan fingerprint density at radius 3 is 2.50 bits per heavy atom. The van der Waals surface area contributed by atoms with Crippen molar-refractivity contribution in [2.24, 2.45) is 0 Å². The molecule has 0 spiro atoms. The van der Waals surface area contributed by atoms with E-state index < -0.39 is 21.5 Å². The van der Waals surface area contributed by atoms with Crippen LogP contribution in [0.3, 0.4) is 0 Å². The highest BCUT2D eigenvalue weighted by Crippen LogP contribution is 2.28. The number of halogens is 1. The molecule has 1 heterocycles. The lowest BCUT2D eigenvalue weighted by molar-refractivity contribution is 0.400. The molecule has 1 N–H and O–H groups in total. The highest BCUT2D eigenvalue weighted by atomic mass is 32.2. The van der Waals surface area contributed by atoms with Gasteiger partial charge in [0.1, 0.15) is 11.3 Å². The summed E-state index contributed by atoms with van der Waals surface area (Å²) >= 11 is 5.18. The minimum Gasteiger partial charge on any atom is -0.432 e. The van der Waals surface area contributed by atoms with Gasteiger partial charge in [0.25, 0.3) is 5.17 Å². The molecule has 0 radical (unpaired) electrons. The molecule has 3 rings (SSSR count). The Balaban J connectivity index is 2.07. The van der Waals surface area contributed by atoms with Gasteiger partial charge in [-0.15, -0.1) is 0 Å². The molecular weight excluding hydrogens is 505 g/mol. The molecule has 0 aliphatic carbocycles. The molecule has 0 atom stereocenters. The number of nitrogens with one attached hydrogen (secondary N) is 1. The normalized spacial score (nSPS) is 11.6. The van der Waals surface area contributed by atoms with E-state index in [-0.39, 0.29) is 28.6 Å². The number of hydrogen-bond donors (Lipinski definition) is 1. The van der Waals surface area contributed by atoms with Gasteiger partial charge < -0.3 is 19.0 Å². The third-order valence-corrected chi connectivity index (χ3v) is 7.25. The average molecular weight is 536 g/mol. The Hall–Kier alpha value is -3.02. The first-order valence-electron chi connectivity index (χ1n) is 11.3. The van der Waals surface area contributed by atoms with Crippen molar-refractivity contribution >= 4 is 44.1 Å². The molecule has 1 aromatic heterocycles. The number of ether oxygens (including phenoxy) is 1. The SMILES string of the molecule is CCCS(=O)(=O)Nc1cccc(Cc2c(CN(C)C)c3ccc(OC(=S)N(C)C)cc3oc2=O)c1F. The first-order valence-corrected chi connectivity index (χ1v) is 13.4. The molecule has 0 aliphatic rings. The molecule has 0 unspecified atom stereocenters. The van der Waals surface area contributed by atoms with Gasteiger partial charge in [0.05, 0.1) is 11.4 Å². The van der Waals surface area contributed by atoms with Gasteiger partial charge in [-0.25, -0.2) is 17.6 Å². The summed E-state index contributed by atoms with van der Waals surface area (Å²) < 4.78 is 53.2. The first-order chi connectivity index (χ1) is 16.9. The summed E-state index contributed by atoms with van der Waals surface area (Å²) in [5.41, 5.74) is 0.711. The summed E-state index contributed by atoms with van der Waals surface area (Å²) in [5, 5.41) is 0.938. The van der Waals surface area contributed by atoms with Crippen molar-refractivity contribution in [3.63, 3.8) is 0 Å². The zero-order valence-corrected chi connectivity index (χ0v) is 22.6. The maximum absolute atomic E-state index is 15.3. The summed E-state index contributed by atoms with van der Waals surface area (Å²) in [4.78, 5) is 16.6. The van der Waals surface area contributed by atoms with Crippen LogP contribution < -0.4 is 15.1 Å². The third kappa shape index (κ3) is 6.59. The highest BCUT2D eigenvalue weighted by Gasteiger charge is 2.20. The van der Waals surface area contributed by atoms with E-state index in [2.05, 4.69) is 4.72 Å². The Morgan fingerprint density at radius 2 is 1.86 bits per heavy atom. The molecule has 0 aliphatic heterocycles. The van der Waals surface area contributed by atoms with Crippen LogP contribution in [-0.4, -0.2) is 57.3 Å². The van der Waals surface area contributed by atoms with E-state index in [4.69, 9.17) is 21.4 Å². The van der Waals surface area contributed by atoms with Crippen molar-refractivity contribution in [3.05, 3.63) is 69.3 Å². The largest absolute Gasteiger partial charge is 0.432 e. The minimum atomic E-state index is -3.68. The molecule has 0 fully saturated rings. The average Bonchev–Trinajstić information content (AvgIpc) is 2.77. The van der Waals surface area contributed by atoms with Crippen LogP contribution in [0.15, 0.2) is 45.6 Å². The quantitative estimate of drug-likeness (QED) is 0.325. The van der Waals surface area contributed by atoms with Gasteiger partial charge in [-0.05, 0) is 62.1 Å². The summed E-state index contributed by atoms with van der Waals surface area (Å²) in [6.45, 7) is 2.13. The molecule has 2 aromatic carbocycles. The lowest BCUT2D eigenvalue weighted by Crippen LogP contribution is -2.25. The fourth-order valence-corrected chi connectivity index (χ4v) is 4.92. The van der Waals surface area contributed by atoms with Crippen molar-refractivity contribution in [1.29, 1.82) is 0 Å². The fraction of sp³-hybridized carbons (Fsp3) is 0.360. The van der Waals surface area contributed by atoms with E-state index in [1.807, 2.05) is 19.0 Å². The second-order valence-corrected chi connectivity index (χ2v) is 11.1. The number of rotatable bonds is 9. The van der Waals surface area contributed by atoms with E-state index in [1.165, 1.54) is 12.1 Å². The Labute approximate surface area is 215 Å². The number of benzene rings is 2. The molecule has 0 bridgehead atoms. The van der Waals surface area contributed by atoms with Crippen molar-refractivity contribution < 1.29 is 22.0 Å². The monoisotopic (exact) mass is 535 g/mol. The molecular formula is C25H30FN3O5S2. The first kappa shape index (κ1) is 27.6. The van der Waals surface area contributed by atoms with Crippen molar-refractivity contribution in [1.82, 2.24) is 9.80 Å². The van der Waals surface area contributed by atoms with Crippen LogP contribution in [0.2, 0.25) is 0 Å². The third-order valence-electron chi connectivity index (χ3n) is 5.32. The van der Waals surface area contributed by atoms with Gasteiger partial charge in [0.2, 0.25) is 10.0 Å². The Bertz CT molecular complexity index is 1440. The molecule has 8 nitrogen and oxygen atoms in total. The standard InChI is InChI=1S/C25H30FN3O5S2/c1-6-12-36(31,32)27-21-9-7-8-16(23(21)26)13-19-20(15-28(2)3)18-11-10-17(33-25(35)29(4)5)14-22(18)34-24(19)30/h7-11,14,27H,6,12-13,15H2,1-5H3. The fourth-order valence-electron chi connectivity index (χ4n) is 3.69. The van der Waals surface area contributed by atoms with Gasteiger partial charge in [0.15, 0.2) is 5.82 Å². The number of nitrogens with zero attached hydrogens (tertiary/aromatic N) is 2. The molecule has 36 heavy (non-hydrogen) atoms. The second kappa shape index (κ2) is 11.4. The van der Waals surface area contributed by atoms with E-state index in [1.54, 1.807) is 50.2 Å².